The summed E-state index contributed by atoms with van der Waals surface area (Å²) in [4.78, 5) is 40.4. The Bertz CT molecular complexity index is 627. The van der Waals surface area contributed by atoms with Gasteiger partial charge in [0.05, 0.1) is 13.1 Å². The van der Waals surface area contributed by atoms with E-state index in [9.17, 15) is 19.5 Å². The average molecular weight is 423 g/mol. The van der Waals surface area contributed by atoms with E-state index in [1.54, 1.807) is 32.7 Å². The molecule has 1 aliphatic rings. The van der Waals surface area contributed by atoms with Crippen LogP contribution in [0.15, 0.2) is 0 Å². The smallest absolute Gasteiger partial charge is 0.408 e. The summed E-state index contributed by atoms with van der Waals surface area (Å²) in [6.07, 6.45) is 4.19. The molecule has 0 aromatic carbocycles. The molecule has 30 heavy (non-hydrogen) atoms. The molecule has 8 nitrogen and oxygen atoms in total. The molecule has 0 aromatic heterocycles. The molecule has 0 aromatic rings. The van der Waals surface area contributed by atoms with Gasteiger partial charge in [0.25, 0.3) is 0 Å². The van der Waals surface area contributed by atoms with E-state index < -0.39 is 11.6 Å². The largest absolute Gasteiger partial charge is 0.465 e. The lowest BCUT2D eigenvalue weighted by Crippen LogP contribution is -2.49. The minimum absolute atomic E-state index is 0.0804. The van der Waals surface area contributed by atoms with Crippen LogP contribution < -0.4 is 5.32 Å². The van der Waals surface area contributed by atoms with E-state index in [-0.39, 0.29) is 18.4 Å². The molecule has 0 unspecified atom stereocenters. The average Bonchev–Trinajstić information content (AvgIpc) is 3.18. The minimum Gasteiger partial charge on any atom is -0.465 e. The second-order valence-corrected chi connectivity index (χ2v) is 8.79. The normalized spacial score (nSPS) is 14.0. The zero-order valence-electron chi connectivity index (χ0n) is 19.0. The number of nitrogens with one attached hydrogen (secondary N) is 1. The zero-order chi connectivity index (χ0) is 22.6. The predicted octanol–water partition coefficient (Wildman–Crippen LogP) is 2.00. The Morgan fingerprint density at radius 2 is 1.73 bits per heavy atom. The SMILES string of the molecule is CN(CC#CCN1CCCC1)C(=O)CCCCCNC(=O)CN(C(=O)O)C(C)(C)C. The maximum absolute atomic E-state index is 12.1. The van der Waals surface area contributed by atoms with Crippen LogP contribution in [-0.2, 0) is 9.59 Å². The standard InChI is InChI=1S/C22H38N4O4/c1-22(2,3)26(21(29)30)18-19(27)23-13-7-5-6-12-20(28)24(4)14-8-9-15-25-16-10-11-17-25/h5-7,10-18H2,1-4H3,(H,23,27)(H,29,30). The monoisotopic (exact) mass is 422 g/mol. The molecule has 2 N–H and O–H groups in total. The lowest BCUT2D eigenvalue weighted by molar-refractivity contribution is -0.129. The van der Waals surface area contributed by atoms with Gasteiger partial charge in [0.2, 0.25) is 11.8 Å². The van der Waals surface area contributed by atoms with Gasteiger partial charge in [-0.3, -0.25) is 19.4 Å². The molecule has 3 amide bonds. The van der Waals surface area contributed by atoms with Crippen molar-refractivity contribution >= 4 is 17.9 Å². The van der Waals surface area contributed by atoms with E-state index in [1.165, 1.54) is 12.8 Å². The van der Waals surface area contributed by atoms with E-state index in [1.807, 2.05) is 0 Å². The Hall–Kier alpha value is -2.27. The van der Waals surface area contributed by atoms with Crippen molar-refractivity contribution in [2.75, 3.05) is 46.3 Å². The first-order valence-electron chi connectivity index (χ1n) is 10.8. The number of hydrogen-bond acceptors (Lipinski definition) is 4. The van der Waals surface area contributed by atoms with Crippen molar-refractivity contribution < 1.29 is 19.5 Å². The van der Waals surface area contributed by atoms with Gasteiger partial charge in [-0.15, -0.1) is 0 Å². The Labute approximate surface area is 181 Å². The highest BCUT2D eigenvalue weighted by atomic mass is 16.4. The first kappa shape index (κ1) is 25.8. The number of amides is 3. The third-order valence-electron chi connectivity index (χ3n) is 5.10. The highest BCUT2D eigenvalue weighted by Crippen LogP contribution is 2.12. The number of likely N-dealkylation sites (tertiary alicyclic amines) is 1. The Morgan fingerprint density at radius 3 is 2.33 bits per heavy atom. The Kier molecular flexibility index (Phi) is 11.3. The van der Waals surface area contributed by atoms with Crippen LogP contribution in [-0.4, -0.2) is 89.6 Å². The number of unbranched alkanes of at least 4 members (excludes halogenated alkanes) is 2. The van der Waals surface area contributed by atoms with Gasteiger partial charge in [-0.05, 0) is 59.5 Å². The molecule has 0 radical (unpaired) electrons. The molecular weight excluding hydrogens is 384 g/mol. The molecule has 0 bridgehead atoms. The van der Waals surface area contributed by atoms with Crippen LogP contribution in [0.2, 0.25) is 0 Å². The van der Waals surface area contributed by atoms with Crippen molar-refractivity contribution in [2.24, 2.45) is 0 Å². The first-order valence-corrected chi connectivity index (χ1v) is 10.8. The van der Waals surface area contributed by atoms with Crippen molar-refractivity contribution in [3.63, 3.8) is 0 Å². The molecule has 0 aliphatic carbocycles. The molecule has 170 valence electrons. The van der Waals surface area contributed by atoms with Gasteiger partial charge in [-0.1, -0.05) is 18.3 Å². The molecule has 0 atom stereocenters. The van der Waals surface area contributed by atoms with Crippen molar-refractivity contribution in [1.82, 2.24) is 20.0 Å². The van der Waals surface area contributed by atoms with Crippen LogP contribution in [0, 0.1) is 11.8 Å². The Morgan fingerprint density at radius 1 is 1.07 bits per heavy atom. The Balaban J connectivity index is 2.12. The van der Waals surface area contributed by atoms with E-state index in [0.717, 1.165) is 43.8 Å². The van der Waals surface area contributed by atoms with Gasteiger partial charge in [0.1, 0.15) is 6.54 Å². The van der Waals surface area contributed by atoms with Crippen LogP contribution in [0.1, 0.15) is 59.3 Å². The van der Waals surface area contributed by atoms with E-state index in [0.29, 0.717) is 19.5 Å². The van der Waals surface area contributed by atoms with E-state index in [4.69, 9.17) is 0 Å². The first-order chi connectivity index (χ1) is 14.1. The van der Waals surface area contributed by atoms with Crippen LogP contribution in [0.5, 0.6) is 0 Å². The lowest BCUT2D eigenvalue weighted by Gasteiger charge is -2.32. The lowest BCUT2D eigenvalue weighted by atomic mass is 10.1. The second kappa shape index (κ2) is 13.1. The minimum atomic E-state index is -1.11. The summed E-state index contributed by atoms with van der Waals surface area (Å²) >= 11 is 0. The van der Waals surface area contributed by atoms with Gasteiger partial charge < -0.3 is 15.3 Å². The number of carbonyl (C=O) groups is 3. The van der Waals surface area contributed by atoms with Gasteiger partial charge >= 0.3 is 6.09 Å². The fourth-order valence-corrected chi connectivity index (χ4v) is 3.16. The van der Waals surface area contributed by atoms with E-state index >= 15 is 0 Å². The summed E-state index contributed by atoms with van der Waals surface area (Å²) in [7, 11) is 1.77. The summed E-state index contributed by atoms with van der Waals surface area (Å²) in [6, 6.07) is 0. The summed E-state index contributed by atoms with van der Waals surface area (Å²) in [5.74, 6) is 5.98. The van der Waals surface area contributed by atoms with Gasteiger partial charge in [-0.25, -0.2) is 4.79 Å². The van der Waals surface area contributed by atoms with Crippen molar-refractivity contribution in [3.05, 3.63) is 0 Å². The fourth-order valence-electron chi connectivity index (χ4n) is 3.16. The maximum Gasteiger partial charge on any atom is 0.408 e. The number of hydrogen-bond donors (Lipinski definition) is 2. The quantitative estimate of drug-likeness (QED) is 0.415. The van der Waals surface area contributed by atoms with Gasteiger partial charge in [0, 0.05) is 25.6 Å². The number of rotatable bonds is 10. The molecule has 0 spiro atoms. The third-order valence-corrected chi connectivity index (χ3v) is 5.10. The molecule has 1 rings (SSSR count). The molecule has 1 aliphatic heterocycles. The fraction of sp³-hybridized carbons (Fsp3) is 0.773. The van der Waals surface area contributed by atoms with Crippen LogP contribution in [0.25, 0.3) is 0 Å². The number of nitrogens with zero attached hydrogens (tertiary/aromatic N) is 3. The zero-order valence-corrected chi connectivity index (χ0v) is 19.0. The molecular formula is C22H38N4O4. The summed E-state index contributed by atoms with van der Waals surface area (Å²) in [5, 5.41) is 12.0. The van der Waals surface area contributed by atoms with Gasteiger partial charge in [0.15, 0.2) is 0 Å². The topological polar surface area (TPSA) is 93.2 Å². The van der Waals surface area contributed by atoms with Crippen molar-refractivity contribution in [3.8, 4) is 11.8 Å². The van der Waals surface area contributed by atoms with Crippen LogP contribution >= 0.6 is 0 Å². The molecule has 8 heteroatoms. The van der Waals surface area contributed by atoms with Crippen LogP contribution in [0.3, 0.4) is 0 Å². The molecule has 1 heterocycles. The van der Waals surface area contributed by atoms with Crippen molar-refractivity contribution in [1.29, 1.82) is 0 Å². The molecule has 1 saturated heterocycles. The molecule has 0 saturated carbocycles. The van der Waals surface area contributed by atoms with E-state index in [2.05, 4.69) is 22.1 Å². The van der Waals surface area contributed by atoms with Crippen LogP contribution in [0.4, 0.5) is 4.79 Å². The number of carboxylic acid groups (broad SMARTS) is 1. The predicted molar refractivity (Wildman–Crippen MR) is 117 cm³/mol. The maximum atomic E-state index is 12.1. The highest BCUT2D eigenvalue weighted by molar-refractivity contribution is 5.82. The second-order valence-electron chi connectivity index (χ2n) is 8.79. The number of carbonyl (C=O) groups excluding carboxylic acids is 2. The summed E-state index contributed by atoms with van der Waals surface area (Å²) in [6.45, 7) is 9.04. The van der Waals surface area contributed by atoms with Gasteiger partial charge in [-0.2, -0.15) is 0 Å². The summed E-state index contributed by atoms with van der Waals surface area (Å²) in [5.41, 5.74) is -0.631. The van der Waals surface area contributed by atoms with Crippen molar-refractivity contribution in [2.45, 2.75) is 64.8 Å². The highest BCUT2D eigenvalue weighted by Gasteiger charge is 2.27. The molecule has 1 fully saturated rings. The summed E-state index contributed by atoms with van der Waals surface area (Å²) < 4.78 is 0. The third kappa shape index (κ3) is 10.5.